The van der Waals surface area contributed by atoms with Gasteiger partial charge in [0.05, 0.1) is 0 Å². The molecule has 0 fully saturated rings. The molecule has 0 nitrogen and oxygen atoms in total. The largest absolute Gasteiger partial charge is 0.0654 e. The summed E-state index contributed by atoms with van der Waals surface area (Å²) >= 11 is 0. The zero-order valence-corrected chi connectivity index (χ0v) is 11.4. The van der Waals surface area contributed by atoms with E-state index in [0.29, 0.717) is 5.92 Å². The summed E-state index contributed by atoms with van der Waals surface area (Å²) in [6.07, 6.45) is 3.65. The molecule has 0 radical (unpaired) electrons. The molecule has 0 spiro atoms. The van der Waals surface area contributed by atoms with Gasteiger partial charge in [-0.15, -0.1) is 0 Å². The second-order valence-corrected chi connectivity index (χ2v) is 5.09. The van der Waals surface area contributed by atoms with Crippen molar-refractivity contribution in [2.45, 2.75) is 39.0 Å². The molecule has 0 bridgehead atoms. The minimum absolute atomic E-state index is 0.652. The Balaban J connectivity index is 2.14. The highest BCUT2D eigenvalue weighted by Crippen LogP contribution is 2.25. The first-order valence-corrected chi connectivity index (χ1v) is 6.90. The lowest BCUT2D eigenvalue weighted by atomic mass is 9.88. The number of hydrogen-bond donors (Lipinski definition) is 0. The third kappa shape index (κ3) is 3.46. The molecule has 2 aromatic carbocycles. The van der Waals surface area contributed by atoms with Gasteiger partial charge in [0, 0.05) is 0 Å². The van der Waals surface area contributed by atoms with Crippen molar-refractivity contribution >= 4 is 0 Å². The van der Waals surface area contributed by atoms with Crippen molar-refractivity contribution in [3.8, 4) is 0 Å². The van der Waals surface area contributed by atoms with E-state index in [9.17, 15) is 0 Å². The van der Waals surface area contributed by atoms with Gasteiger partial charge in [-0.3, -0.25) is 0 Å². The number of rotatable bonds is 5. The molecule has 0 aromatic heterocycles. The van der Waals surface area contributed by atoms with Crippen LogP contribution in [0.4, 0.5) is 0 Å². The van der Waals surface area contributed by atoms with E-state index < -0.39 is 0 Å². The lowest BCUT2D eigenvalue weighted by Gasteiger charge is -2.17. The lowest BCUT2D eigenvalue weighted by Crippen LogP contribution is -2.02. The van der Waals surface area contributed by atoms with Gasteiger partial charge in [-0.1, -0.05) is 73.5 Å². The first-order valence-electron chi connectivity index (χ1n) is 6.90. The van der Waals surface area contributed by atoms with Crippen LogP contribution in [0.1, 0.15) is 42.4 Å². The molecular formula is C18H22. The summed E-state index contributed by atoms with van der Waals surface area (Å²) in [6.45, 7) is 4.41. The Morgan fingerprint density at radius 2 is 1.56 bits per heavy atom. The van der Waals surface area contributed by atoms with Crippen molar-refractivity contribution in [3.63, 3.8) is 0 Å². The van der Waals surface area contributed by atoms with Crippen molar-refractivity contribution < 1.29 is 0 Å². The first-order chi connectivity index (χ1) is 8.79. The minimum Gasteiger partial charge on any atom is -0.0654 e. The SMILES string of the molecule is CCCC(Cc1ccc(C)cc1)c1ccccc1. The second-order valence-electron chi connectivity index (χ2n) is 5.09. The highest BCUT2D eigenvalue weighted by atomic mass is 14.2. The highest BCUT2D eigenvalue weighted by molar-refractivity contribution is 5.26. The molecule has 0 N–H and O–H groups in total. The van der Waals surface area contributed by atoms with Crippen molar-refractivity contribution in [2.24, 2.45) is 0 Å². The Kier molecular flexibility index (Phi) is 4.58. The van der Waals surface area contributed by atoms with Crippen LogP contribution in [0.3, 0.4) is 0 Å². The summed E-state index contributed by atoms with van der Waals surface area (Å²) in [5.74, 6) is 0.652. The maximum Gasteiger partial charge on any atom is -0.0122 e. The van der Waals surface area contributed by atoms with Crippen LogP contribution < -0.4 is 0 Å². The van der Waals surface area contributed by atoms with Crippen molar-refractivity contribution in [1.82, 2.24) is 0 Å². The van der Waals surface area contributed by atoms with Gasteiger partial charge in [0.15, 0.2) is 0 Å². The monoisotopic (exact) mass is 238 g/mol. The molecule has 0 aliphatic heterocycles. The van der Waals surface area contributed by atoms with Crippen LogP contribution in [0.2, 0.25) is 0 Å². The first kappa shape index (κ1) is 12.9. The molecule has 2 rings (SSSR count). The van der Waals surface area contributed by atoms with Gasteiger partial charge < -0.3 is 0 Å². The van der Waals surface area contributed by atoms with E-state index in [2.05, 4.69) is 68.4 Å². The zero-order valence-electron chi connectivity index (χ0n) is 11.4. The molecule has 18 heavy (non-hydrogen) atoms. The summed E-state index contributed by atoms with van der Waals surface area (Å²) in [7, 11) is 0. The molecule has 0 aliphatic rings. The topological polar surface area (TPSA) is 0 Å². The maximum atomic E-state index is 2.27. The fourth-order valence-electron chi connectivity index (χ4n) is 2.47. The van der Waals surface area contributed by atoms with Crippen LogP contribution in [0, 0.1) is 6.92 Å². The van der Waals surface area contributed by atoms with E-state index in [4.69, 9.17) is 0 Å². The Labute approximate surface area is 111 Å². The Morgan fingerprint density at radius 3 is 2.17 bits per heavy atom. The summed E-state index contributed by atoms with van der Waals surface area (Å²) in [4.78, 5) is 0. The summed E-state index contributed by atoms with van der Waals surface area (Å²) in [5, 5.41) is 0. The fraction of sp³-hybridized carbons (Fsp3) is 0.333. The van der Waals surface area contributed by atoms with Gasteiger partial charge in [0.25, 0.3) is 0 Å². The smallest absolute Gasteiger partial charge is 0.0122 e. The molecule has 0 heterocycles. The molecule has 1 atom stereocenters. The molecule has 1 unspecified atom stereocenters. The van der Waals surface area contributed by atoms with Gasteiger partial charge in [0.2, 0.25) is 0 Å². The predicted molar refractivity (Wildman–Crippen MR) is 79.0 cm³/mol. The zero-order chi connectivity index (χ0) is 12.8. The average molecular weight is 238 g/mol. The Bertz CT molecular complexity index is 453. The van der Waals surface area contributed by atoms with Crippen LogP contribution in [0.25, 0.3) is 0 Å². The fourth-order valence-corrected chi connectivity index (χ4v) is 2.47. The third-order valence-corrected chi connectivity index (χ3v) is 3.51. The number of aryl methyl sites for hydroxylation is 1. The van der Waals surface area contributed by atoms with Crippen molar-refractivity contribution in [1.29, 1.82) is 0 Å². The molecule has 0 saturated heterocycles. The van der Waals surface area contributed by atoms with Crippen LogP contribution in [-0.4, -0.2) is 0 Å². The average Bonchev–Trinajstić information content (AvgIpc) is 2.42. The molecular weight excluding hydrogens is 216 g/mol. The molecule has 0 aliphatic carbocycles. The molecule has 0 saturated carbocycles. The van der Waals surface area contributed by atoms with E-state index in [0.717, 1.165) is 6.42 Å². The maximum absolute atomic E-state index is 2.27. The normalized spacial score (nSPS) is 12.3. The molecule has 0 heteroatoms. The third-order valence-electron chi connectivity index (χ3n) is 3.51. The summed E-state index contributed by atoms with van der Waals surface area (Å²) < 4.78 is 0. The van der Waals surface area contributed by atoms with Gasteiger partial charge in [-0.05, 0) is 36.8 Å². The molecule has 94 valence electrons. The summed E-state index contributed by atoms with van der Waals surface area (Å²) in [6, 6.07) is 19.9. The Morgan fingerprint density at radius 1 is 0.889 bits per heavy atom. The quantitative estimate of drug-likeness (QED) is 0.678. The standard InChI is InChI=1S/C18H22/c1-3-7-18(17-8-5-4-6-9-17)14-16-12-10-15(2)11-13-16/h4-6,8-13,18H,3,7,14H2,1-2H3. The molecule has 2 aromatic rings. The van der Waals surface area contributed by atoms with E-state index >= 15 is 0 Å². The highest BCUT2D eigenvalue weighted by Gasteiger charge is 2.10. The van der Waals surface area contributed by atoms with E-state index in [1.54, 1.807) is 0 Å². The Hall–Kier alpha value is -1.56. The van der Waals surface area contributed by atoms with Crippen LogP contribution in [0.15, 0.2) is 54.6 Å². The minimum atomic E-state index is 0.652. The van der Waals surface area contributed by atoms with Crippen LogP contribution in [-0.2, 0) is 6.42 Å². The second kappa shape index (κ2) is 6.39. The number of hydrogen-bond acceptors (Lipinski definition) is 0. The van der Waals surface area contributed by atoms with Crippen LogP contribution >= 0.6 is 0 Å². The van der Waals surface area contributed by atoms with E-state index in [-0.39, 0.29) is 0 Å². The van der Waals surface area contributed by atoms with Gasteiger partial charge in [-0.2, -0.15) is 0 Å². The summed E-state index contributed by atoms with van der Waals surface area (Å²) in [5.41, 5.74) is 4.26. The van der Waals surface area contributed by atoms with Gasteiger partial charge >= 0.3 is 0 Å². The van der Waals surface area contributed by atoms with E-state index in [1.807, 2.05) is 0 Å². The van der Waals surface area contributed by atoms with Crippen molar-refractivity contribution in [3.05, 3.63) is 71.3 Å². The van der Waals surface area contributed by atoms with E-state index in [1.165, 1.54) is 29.5 Å². The lowest BCUT2D eigenvalue weighted by molar-refractivity contribution is 0.610. The predicted octanol–water partition coefficient (Wildman–Crippen LogP) is 5.12. The van der Waals surface area contributed by atoms with Gasteiger partial charge in [-0.25, -0.2) is 0 Å². The van der Waals surface area contributed by atoms with Crippen molar-refractivity contribution in [2.75, 3.05) is 0 Å². The molecule has 0 amide bonds. The number of benzene rings is 2. The van der Waals surface area contributed by atoms with Crippen LogP contribution in [0.5, 0.6) is 0 Å². The van der Waals surface area contributed by atoms with Gasteiger partial charge in [0.1, 0.15) is 0 Å².